The fourth-order valence-corrected chi connectivity index (χ4v) is 10.2. The van der Waals surface area contributed by atoms with E-state index in [2.05, 4.69) is 19.9 Å². The number of fused-ring (bicyclic) bond motifs is 5. The van der Waals surface area contributed by atoms with Crippen LogP contribution in [-0.2, 0) is 19.2 Å². The van der Waals surface area contributed by atoms with Crippen LogP contribution in [0.1, 0.15) is 97.8 Å². The lowest BCUT2D eigenvalue weighted by molar-refractivity contribution is -0.145. The molecule has 6 aliphatic rings. The topological polar surface area (TPSA) is 68.3 Å². The summed E-state index contributed by atoms with van der Waals surface area (Å²) in [5, 5.41) is 0. The standard InChI is InChI=1S/C29H38O4/c1-26-14-15-29(24(32)10-11-25(29)33)16-17(26)4-5-18-19-6-7-21(27(19,2)13-12-20(18)26)28(3)22(30)8-9-23(28)31/h16,18-21H,4-15H2,1-3H3/t18-,19-,20-,21-,26-,27-/m0/s1. The van der Waals surface area contributed by atoms with Crippen molar-refractivity contribution < 1.29 is 19.2 Å². The highest BCUT2D eigenvalue weighted by atomic mass is 16.2. The molecule has 33 heavy (non-hydrogen) atoms. The lowest BCUT2D eigenvalue weighted by atomic mass is 9.44. The minimum absolute atomic E-state index is 0.0659. The quantitative estimate of drug-likeness (QED) is 0.395. The van der Waals surface area contributed by atoms with Crippen LogP contribution in [0.5, 0.6) is 0 Å². The van der Waals surface area contributed by atoms with Crippen molar-refractivity contribution in [2.45, 2.75) is 97.8 Å². The van der Waals surface area contributed by atoms with E-state index in [0.717, 1.165) is 44.9 Å². The third-order valence-electron chi connectivity index (χ3n) is 12.2. The van der Waals surface area contributed by atoms with Crippen molar-refractivity contribution in [3.63, 3.8) is 0 Å². The molecule has 0 saturated heterocycles. The van der Waals surface area contributed by atoms with Crippen molar-refractivity contribution >= 4 is 23.1 Å². The summed E-state index contributed by atoms with van der Waals surface area (Å²) in [6.07, 6.45) is 12.0. The van der Waals surface area contributed by atoms with Crippen molar-refractivity contribution in [1.29, 1.82) is 0 Å². The summed E-state index contributed by atoms with van der Waals surface area (Å²) in [6, 6.07) is 0. The molecule has 178 valence electrons. The monoisotopic (exact) mass is 450 g/mol. The zero-order chi connectivity index (χ0) is 23.4. The van der Waals surface area contributed by atoms with Crippen LogP contribution in [0.25, 0.3) is 0 Å². The van der Waals surface area contributed by atoms with Gasteiger partial charge in [0, 0.05) is 25.7 Å². The lowest BCUT2D eigenvalue weighted by Crippen LogP contribution is -2.54. The molecule has 0 amide bonds. The second-order valence-electron chi connectivity index (χ2n) is 13.0. The van der Waals surface area contributed by atoms with Crippen molar-refractivity contribution in [2.24, 2.45) is 45.3 Å². The average Bonchev–Trinajstić information content (AvgIpc) is 3.37. The van der Waals surface area contributed by atoms with Gasteiger partial charge in [-0.25, -0.2) is 0 Å². The molecule has 0 radical (unpaired) electrons. The fraction of sp³-hybridized carbons (Fsp3) is 0.793. The molecule has 6 atom stereocenters. The van der Waals surface area contributed by atoms with Crippen LogP contribution >= 0.6 is 0 Å². The van der Waals surface area contributed by atoms with E-state index in [-0.39, 0.29) is 39.9 Å². The number of rotatable bonds is 1. The van der Waals surface area contributed by atoms with Gasteiger partial charge in [0.25, 0.3) is 0 Å². The van der Waals surface area contributed by atoms with Crippen LogP contribution in [0.3, 0.4) is 0 Å². The Morgan fingerprint density at radius 2 is 1.30 bits per heavy atom. The summed E-state index contributed by atoms with van der Waals surface area (Å²) < 4.78 is 0. The SMILES string of the molecule is CC1([C@H]2CC[C@H]3[C@@H]4CCC5=CC6(CC[C@]5(C)[C@H]4CC[C@]23C)C(=O)CCC6=O)C(=O)CCC1=O. The van der Waals surface area contributed by atoms with Crippen molar-refractivity contribution in [1.82, 2.24) is 0 Å². The number of carbonyl (C=O) groups excluding carboxylic acids is 4. The third-order valence-corrected chi connectivity index (χ3v) is 12.2. The molecule has 0 heterocycles. The first kappa shape index (κ1) is 21.9. The number of hydrogen-bond acceptors (Lipinski definition) is 4. The van der Waals surface area contributed by atoms with Gasteiger partial charge in [0.2, 0.25) is 0 Å². The maximum Gasteiger partial charge on any atom is 0.150 e. The molecule has 0 bridgehead atoms. The number of Topliss-reactive ketones (excluding diaryl/α,β-unsaturated/α-hetero) is 4. The van der Waals surface area contributed by atoms with E-state index >= 15 is 0 Å². The Bertz CT molecular complexity index is 971. The number of hydrogen-bond donors (Lipinski definition) is 0. The van der Waals surface area contributed by atoms with Gasteiger partial charge in [0.1, 0.15) is 17.0 Å². The van der Waals surface area contributed by atoms with Gasteiger partial charge in [-0.2, -0.15) is 0 Å². The van der Waals surface area contributed by atoms with Gasteiger partial charge in [-0.15, -0.1) is 0 Å². The van der Waals surface area contributed by atoms with Crippen LogP contribution in [0.4, 0.5) is 0 Å². The molecule has 4 heteroatoms. The Morgan fingerprint density at radius 1 is 0.667 bits per heavy atom. The van der Waals surface area contributed by atoms with Gasteiger partial charge < -0.3 is 0 Å². The van der Waals surface area contributed by atoms with Gasteiger partial charge in [0.05, 0.1) is 5.41 Å². The summed E-state index contributed by atoms with van der Waals surface area (Å²) in [7, 11) is 0. The number of carbonyl (C=O) groups is 4. The van der Waals surface area contributed by atoms with Crippen LogP contribution in [0.2, 0.25) is 0 Å². The van der Waals surface area contributed by atoms with E-state index in [1.165, 1.54) is 5.57 Å². The Hall–Kier alpha value is -1.58. The minimum atomic E-state index is -0.804. The minimum Gasteiger partial charge on any atom is -0.299 e. The predicted octanol–water partition coefficient (Wildman–Crippen LogP) is 5.42. The Morgan fingerprint density at radius 3 is 1.97 bits per heavy atom. The highest BCUT2D eigenvalue weighted by Gasteiger charge is 2.66. The fourth-order valence-electron chi connectivity index (χ4n) is 10.2. The molecular weight excluding hydrogens is 412 g/mol. The summed E-state index contributed by atoms with van der Waals surface area (Å²) in [5.41, 5.74) is -0.0396. The van der Waals surface area contributed by atoms with E-state index in [1.54, 1.807) is 0 Å². The molecule has 6 rings (SSSR count). The van der Waals surface area contributed by atoms with E-state index in [0.29, 0.717) is 49.9 Å². The molecule has 0 unspecified atom stereocenters. The van der Waals surface area contributed by atoms with Gasteiger partial charge in [-0.05, 0) is 92.8 Å². The molecule has 5 saturated carbocycles. The zero-order valence-corrected chi connectivity index (χ0v) is 20.5. The summed E-state index contributed by atoms with van der Waals surface area (Å²) in [6.45, 7) is 6.77. The number of ketones is 4. The predicted molar refractivity (Wildman–Crippen MR) is 124 cm³/mol. The van der Waals surface area contributed by atoms with E-state index in [1.807, 2.05) is 6.92 Å². The van der Waals surface area contributed by atoms with Crippen molar-refractivity contribution in [2.75, 3.05) is 0 Å². The molecule has 0 N–H and O–H groups in total. The molecule has 6 aliphatic carbocycles. The second-order valence-corrected chi connectivity index (χ2v) is 13.0. The van der Waals surface area contributed by atoms with Crippen molar-refractivity contribution in [3.05, 3.63) is 11.6 Å². The molecule has 0 aliphatic heterocycles. The summed E-state index contributed by atoms with van der Waals surface area (Å²) >= 11 is 0. The average molecular weight is 451 g/mol. The van der Waals surface area contributed by atoms with Crippen LogP contribution in [-0.4, -0.2) is 23.1 Å². The largest absolute Gasteiger partial charge is 0.299 e. The first-order valence-electron chi connectivity index (χ1n) is 13.4. The molecule has 1 spiro atoms. The van der Waals surface area contributed by atoms with E-state index < -0.39 is 10.8 Å². The van der Waals surface area contributed by atoms with E-state index in [4.69, 9.17) is 0 Å². The molecule has 0 aromatic carbocycles. The Kier molecular flexibility index (Phi) is 4.49. The molecule has 0 aromatic heterocycles. The molecule has 5 fully saturated rings. The second kappa shape index (κ2) is 6.76. The van der Waals surface area contributed by atoms with Crippen LogP contribution < -0.4 is 0 Å². The van der Waals surface area contributed by atoms with Crippen LogP contribution in [0, 0.1) is 45.3 Å². The van der Waals surface area contributed by atoms with Crippen LogP contribution in [0.15, 0.2) is 11.6 Å². The normalized spacial score (nSPS) is 45.7. The Balaban J connectivity index is 1.32. The Labute approximate surface area is 197 Å². The molecule has 0 aromatic rings. The maximum atomic E-state index is 12.9. The van der Waals surface area contributed by atoms with Gasteiger partial charge in [-0.3, -0.25) is 19.2 Å². The highest BCUT2D eigenvalue weighted by molar-refractivity contribution is 6.15. The molecular formula is C29H38O4. The first-order valence-corrected chi connectivity index (χ1v) is 13.4. The molecule has 4 nitrogen and oxygen atoms in total. The number of allylic oxidation sites excluding steroid dienone is 2. The zero-order valence-electron chi connectivity index (χ0n) is 20.5. The highest BCUT2D eigenvalue weighted by Crippen LogP contribution is 2.70. The lowest BCUT2D eigenvalue weighted by Gasteiger charge is -2.60. The van der Waals surface area contributed by atoms with Gasteiger partial charge in [-0.1, -0.05) is 25.5 Å². The smallest absolute Gasteiger partial charge is 0.150 e. The third kappa shape index (κ3) is 2.54. The maximum absolute atomic E-state index is 12.9. The summed E-state index contributed by atoms with van der Waals surface area (Å²) in [5.74, 6) is 2.64. The van der Waals surface area contributed by atoms with E-state index in [9.17, 15) is 19.2 Å². The van der Waals surface area contributed by atoms with Gasteiger partial charge >= 0.3 is 0 Å². The van der Waals surface area contributed by atoms with Gasteiger partial charge in [0.15, 0.2) is 11.6 Å². The van der Waals surface area contributed by atoms with Crippen molar-refractivity contribution in [3.8, 4) is 0 Å². The first-order chi connectivity index (χ1) is 15.6. The summed E-state index contributed by atoms with van der Waals surface area (Å²) in [4.78, 5) is 51.3.